The molecule has 0 unspecified atom stereocenters. The van der Waals surface area contributed by atoms with Gasteiger partial charge in [0.2, 0.25) is 5.91 Å². The van der Waals surface area contributed by atoms with Crippen LogP contribution in [0.1, 0.15) is 38.5 Å². The fourth-order valence-corrected chi connectivity index (χ4v) is 3.69. The van der Waals surface area contributed by atoms with Crippen LogP contribution in [-0.4, -0.2) is 46.1 Å². The maximum Gasteiger partial charge on any atom is 0.306 e. The zero-order chi connectivity index (χ0) is 16.9. The van der Waals surface area contributed by atoms with Gasteiger partial charge in [0.1, 0.15) is 5.82 Å². The number of hydrogen-bond acceptors (Lipinski definition) is 5. The van der Waals surface area contributed by atoms with Gasteiger partial charge in [0.25, 0.3) is 0 Å². The number of amides is 1. The van der Waals surface area contributed by atoms with Crippen LogP contribution in [0, 0.1) is 11.8 Å². The van der Waals surface area contributed by atoms with E-state index in [1.54, 1.807) is 18.6 Å². The molecule has 130 valence electrons. The van der Waals surface area contributed by atoms with Crippen molar-refractivity contribution >= 4 is 17.7 Å². The van der Waals surface area contributed by atoms with Gasteiger partial charge in [-0.2, -0.15) is 0 Å². The van der Waals surface area contributed by atoms with E-state index in [1.165, 1.54) is 0 Å². The van der Waals surface area contributed by atoms with E-state index in [4.69, 9.17) is 5.11 Å². The molecule has 2 heterocycles. The molecule has 2 aliphatic rings. The molecule has 1 aromatic rings. The predicted molar refractivity (Wildman–Crippen MR) is 88.5 cm³/mol. The minimum atomic E-state index is -0.744. The zero-order valence-corrected chi connectivity index (χ0v) is 13.7. The number of carbonyl (C=O) groups is 2. The molecule has 7 heteroatoms. The van der Waals surface area contributed by atoms with Gasteiger partial charge in [-0.25, -0.2) is 4.98 Å². The van der Waals surface area contributed by atoms with Crippen LogP contribution < -0.4 is 10.2 Å². The molecule has 0 aromatic carbocycles. The Morgan fingerprint density at radius 3 is 2.58 bits per heavy atom. The minimum absolute atomic E-state index is 0.00289. The fraction of sp³-hybridized carbons (Fsp3) is 0.647. The van der Waals surface area contributed by atoms with Crippen molar-refractivity contribution in [1.29, 1.82) is 0 Å². The summed E-state index contributed by atoms with van der Waals surface area (Å²) in [4.78, 5) is 34.1. The standard InChI is InChI=1S/C17H24N4O3/c22-16(20-14-3-1-2-13(10-14)17(23)24)12-4-8-21(9-5-12)15-11-18-6-7-19-15/h6-7,11-14H,1-5,8-10H2,(H,20,22)(H,23,24)/t13-,14-/m0/s1. The van der Waals surface area contributed by atoms with Gasteiger partial charge in [0, 0.05) is 37.4 Å². The highest BCUT2D eigenvalue weighted by atomic mass is 16.4. The Bertz CT molecular complexity index is 572. The summed E-state index contributed by atoms with van der Waals surface area (Å²) in [5.41, 5.74) is 0. The molecule has 2 atom stereocenters. The third-order valence-corrected chi connectivity index (χ3v) is 5.11. The lowest BCUT2D eigenvalue weighted by molar-refractivity contribution is -0.143. The number of aromatic nitrogens is 2. The van der Waals surface area contributed by atoms with Crippen LogP contribution >= 0.6 is 0 Å². The van der Waals surface area contributed by atoms with E-state index < -0.39 is 5.97 Å². The third kappa shape index (κ3) is 4.01. The number of anilines is 1. The quantitative estimate of drug-likeness (QED) is 0.866. The molecule has 1 amide bonds. The zero-order valence-electron chi connectivity index (χ0n) is 13.7. The average Bonchev–Trinajstić information content (AvgIpc) is 2.63. The van der Waals surface area contributed by atoms with Crippen LogP contribution in [0.15, 0.2) is 18.6 Å². The normalized spacial score (nSPS) is 25.2. The van der Waals surface area contributed by atoms with Crippen LogP contribution in [0.2, 0.25) is 0 Å². The van der Waals surface area contributed by atoms with Gasteiger partial charge in [-0.3, -0.25) is 14.6 Å². The van der Waals surface area contributed by atoms with Gasteiger partial charge < -0.3 is 15.3 Å². The number of nitrogens with zero attached hydrogens (tertiary/aromatic N) is 3. The van der Waals surface area contributed by atoms with E-state index in [0.717, 1.165) is 51.0 Å². The van der Waals surface area contributed by atoms with Crippen molar-refractivity contribution in [2.75, 3.05) is 18.0 Å². The highest BCUT2D eigenvalue weighted by Crippen LogP contribution is 2.26. The molecule has 0 bridgehead atoms. The van der Waals surface area contributed by atoms with E-state index in [0.29, 0.717) is 6.42 Å². The summed E-state index contributed by atoms with van der Waals surface area (Å²) in [6, 6.07) is 0.00497. The molecule has 1 saturated carbocycles. The van der Waals surface area contributed by atoms with E-state index in [1.807, 2.05) is 0 Å². The van der Waals surface area contributed by atoms with E-state index >= 15 is 0 Å². The first kappa shape index (κ1) is 16.7. The molecule has 24 heavy (non-hydrogen) atoms. The Kier molecular flexibility index (Phi) is 5.27. The molecule has 1 aliphatic heterocycles. The lowest BCUT2D eigenvalue weighted by atomic mass is 9.85. The van der Waals surface area contributed by atoms with Crippen LogP contribution in [0.3, 0.4) is 0 Å². The second kappa shape index (κ2) is 7.59. The first-order valence-electron chi connectivity index (χ1n) is 8.67. The molecule has 1 saturated heterocycles. The second-order valence-electron chi connectivity index (χ2n) is 6.73. The lowest BCUT2D eigenvalue weighted by Crippen LogP contribution is -2.46. The van der Waals surface area contributed by atoms with Gasteiger partial charge >= 0.3 is 5.97 Å². The molecule has 2 N–H and O–H groups in total. The van der Waals surface area contributed by atoms with Crippen molar-refractivity contribution in [3.05, 3.63) is 18.6 Å². The topological polar surface area (TPSA) is 95.4 Å². The molecule has 2 fully saturated rings. The van der Waals surface area contributed by atoms with E-state index in [-0.39, 0.29) is 23.8 Å². The van der Waals surface area contributed by atoms with Gasteiger partial charge in [0.05, 0.1) is 12.1 Å². The summed E-state index contributed by atoms with van der Waals surface area (Å²) in [6.45, 7) is 1.58. The summed E-state index contributed by atoms with van der Waals surface area (Å²) in [5, 5.41) is 12.2. The van der Waals surface area contributed by atoms with Crippen molar-refractivity contribution < 1.29 is 14.7 Å². The highest BCUT2D eigenvalue weighted by molar-refractivity contribution is 5.79. The largest absolute Gasteiger partial charge is 0.481 e. The van der Waals surface area contributed by atoms with Gasteiger partial charge in [-0.15, -0.1) is 0 Å². The number of carboxylic acids is 1. The molecule has 0 spiro atoms. The molecule has 0 radical (unpaired) electrons. The maximum absolute atomic E-state index is 12.5. The minimum Gasteiger partial charge on any atom is -0.481 e. The summed E-state index contributed by atoms with van der Waals surface area (Å²) < 4.78 is 0. The fourth-order valence-electron chi connectivity index (χ4n) is 3.69. The second-order valence-corrected chi connectivity index (χ2v) is 6.73. The number of carbonyl (C=O) groups excluding carboxylic acids is 1. The molecule has 3 rings (SSSR count). The molecule has 1 aliphatic carbocycles. The lowest BCUT2D eigenvalue weighted by Gasteiger charge is -2.33. The van der Waals surface area contributed by atoms with E-state index in [2.05, 4.69) is 20.2 Å². The molecule has 7 nitrogen and oxygen atoms in total. The smallest absolute Gasteiger partial charge is 0.306 e. The Morgan fingerprint density at radius 2 is 1.92 bits per heavy atom. The third-order valence-electron chi connectivity index (χ3n) is 5.11. The SMILES string of the molecule is O=C(N[C@H]1CCC[C@H](C(=O)O)C1)C1CCN(c2cnccn2)CC1. The molecular formula is C17H24N4O3. The number of carboxylic acid groups (broad SMARTS) is 1. The van der Waals surface area contributed by atoms with Crippen LogP contribution in [0.4, 0.5) is 5.82 Å². The number of rotatable bonds is 4. The monoisotopic (exact) mass is 332 g/mol. The van der Waals surface area contributed by atoms with Crippen molar-refractivity contribution in [3.63, 3.8) is 0 Å². The van der Waals surface area contributed by atoms with Crippen molar-refractivity contribution in [1.82, 2.24) is 15.3 Å². The first-order chi connectivity index (χ1) is 11.6. The summed E-state index contributed by atoms with van der Waals surface area (Å²) in [7, 11) is 0. The van der Waals surface area contributed by atoms with Gasteiger partial charge in [0.15, 0.2) is 0 Å². The number of hydrogen-bond donors (Lipinski definition) is 2. The van der Waals surface area contributed by atoms with Crippen molar-refractivity contribution in [3.8, 4) is 0 Å². The Balaban J connectivity index is 1.48. The Morgan fingerprint density at radius 1 is 1.12 bits per heavy atom. The first-order valence-corrected chi connectivity index (χ1v) is 8.67. The Labute approximate surface area is 141 Å². The molecular weight excluding hydrogens is 308 g/mol. The highest BCUT2D eigenvalue weighted by Gasteiger charge is 2.31. The summed E-state index contributed by atoms with van der Waals surface area (Å²) >= 11 is 0. The summed E-state index contributed by atoms with van der Waals surface area (Å²) in [6.07, 6.45) is 9.68. The molecule has 1 aromatic heterocycles. The van der Waals surface area contributed by atoms with Crippen molar-refractivity contribution in [2.45, 2.75) is 44.6 Å². The summed E-state index contributed by atoms with van der Waals surface area (Å²) in [5.74, 6) is -0.130. The maximum atomic E-state index is 12.5. The van der Waals surface area contributed by atoms with Crippen LogP contribution in [0.25, 0.3) is 0 Å². The van der Waals surface area contributed by atoms with Crippen molar-refractivity contribution in [2.24, 2.45) is 11.8 Å². The number of piperidine rings is 1. The average molecular weight is 332 g/mol. The number of nitrogens with one attached hydrogen (secondary N) is 1. The Hall–Kier alpha value is -2.18. The van der Waals surface area contributed by atoms with Gasteiger partial charge in [-0.1, -0.05) is 6.42 Å². The van der Waals surface area contributed by atoms with E-state index in [9.17, 15) is 9.59 Å². The van der Waals surface area contributed by atoms with Crippen LogP contribution in [-0.2, 0) is 9.59 Å². The predicted octanol–water partition coefficient (Wildman–Crippen LogP) is 1.45. The number of aliphatic carboxylic acids is 1. The van der Waals surface area contributed by atoms with Crippen LogP contribution in [0.5, 0.6) is 0 Å². The van der Waals surface area contributed by atoms with Gasteiger partial charge in [-0.05, 0) is 32.1 Å².